The van der Waals surface area contributed by atoms with Crippen LogP contribution in [0.25, 0.3) is 0 Å². The molecule has 0 aliphatic heterocycles. The van der Waals surface area contributed by atoms with Crippen molar-refractivity contribution < 1.29 is 22.6 Å². The van der Waals surface area contributed by atoms with E-state index in [9.17, 15) is 23.3 Å². The third kappa shape index (κ3) is 8.07. The number of benzene rings is 2. The molecule has 0 aliphatic carbocycles. The number of sulfonamides is 1. The summed E-state index contributed by atoms with van der Waals surface area (Å²) in [6, 6.07) is 11.3. The Balaban J connectivity index is 1.87. The molecule has 204 valence electrons. The Hall–Kier alpha value is -3.85. The van der Waals surface area contributed by atoms with Crippen molar-refractivity contribution in [2.24, 2.45) is 10.1 Å². The third-order valence-corrected chi connectivity index (χ3v) is 7.50. The Morgan fingerprint density at radius 2 is 1.92 bits per heavy atom. The highest BCUT2D eigenvalue weighted by molar-refractivity contribution is 7.99. The van der Waals surface area contributed by atoms with Gasteiger partial charge in [0.05, 0.1) is 29.4 Å². The number of rotatable bonds is 10. The van der Waals surface area contributed by atoms with Crippen LogP contribution in [0.2, 0.25) is 10.0 Å². The number of amides is 1. The summed E-state index contributed by atoms with van der Waals surface area (Å²) in [6.45, 7) is 3.57. The zero-order valence-corrected chi connectivity index (χ0v) is 23.2. The first kappa shape index (κ1) is 29.7. The first-order chi connectivity index (χ1) is 18.5. The summed E-state index contributed by atoms with van der Waals surface area (Å²) in [5.41, 5.74) is 2.77. The predicted octanol–water partition coefficient (Wildman–Crippen LogP) is 4.91. The lowest BCUT2D eigenvalue weighted by Gasteiger charge is -2.15. The maximum Gasteiger partial charge on any atom is 0.433 e. The molecule has 3 rings (SSSR count). The van der Waals surface area contributed by atoms with Crippen LogP contribution in [-0.4, -0.2) is 44.2 Å². The van der Waals surface area contributed by atoms with Gasteiger partial charge in [0.2, 0.25) is 5.96 Å². The van der Waals surface area contributed by atoms with Crippen LogP contribution in [0.5, 0.6) is 0 Å². The molecule has 0 atom stereocenters. The van der Waals surface area contributed by atoms with E-state index in [1.54, 1.807) is 30.5 Å². The molecular weight excluding hydrogens is 591 g/mol. The van der Waals surface area contributed by atoms with E-state index in [1.807, 2.05) is 0 Å². The molecule has 2 aromatic carbocycles. The number of hydrogen-bond donors (Lipinski definition) is 3. The normalized spacial score (nSPS) is 11.8. The average molecular weight is 611 g/mol. The van der Waals surface area contributed by atoms with Crippen LogP contribution in [0.15, 0.2) is 85.5 Å². The number of hydrazone groups is 1. The highest BCUT2D eigenvalue weighted by Crippen LogP contribution is 2.31. The summed E-state index contributed by atoms with van der Waals surface area (Å²) >= 11 is 13.3. The number of guanidine groups is 1. The summed E-state index contributed by atoms with van der Waals surface area (Å²) in [7, 11) is -4.33. The number of thioether (sulfide) groups is 1. The van der Waals surface area contributed by atoms with E-state index in [2.05, 4.69) is 32.1 Å². The van der Waals surface area contributed by atoms with Gasteiger partial charge in [-0.15, -0.1) is 18.3 Å². The third-order valence-electron chi connectivity index (χ3n) is 4.65. The first-order valence-corrected chi connectivity index (χ1v) is 14.2. The summed E-state index contributed by atoms with van der Waals surface area (Å²) in [5, 5.41) is 17.7. The van der Waals surface area contributed by atoms with E-state index in [-0.39, 0.29) is 38.6 Å². The van der Waals surface area contributed by atoms with Gasteiger partial charge in [0.15, 0.2) is 5.76 Å². The lowest BCUT2D eigenvalue weighted by molar-refractivity contribution is -0.402. The smallest absolute Gasteiger partial charge is 0.400 e. The van der Waals surface area contributed by atoms with Gasteiger partial charge in [0.25, 0.3) is 15.9 Å². The van der Waals surface area contributed by atoms with Gasteiger partial charge >= 0.3 is 5.88 Å². The Morgan fingerprint density at radius 3 is 2.54 bits per heavy atom. The number of halogens is 2. The zero-order chi connectivity index (χ0) is 28.6. The lowest BCUT2D eigenvalue weighted by atomic mass is 10.2. The Labute approximate surface area is 237 Å². The van der Waals surface area contributed by atoms with Gasteiger partial charge in [-0.1, -0.05) is 29.3 Å². The average Bonchev–Trinajstić information content (AvgIpc) is 3.37. The highest BCUT2D eigenvalue weighted by Gasteiger charge is 2.24. The second-order valence-electron chi connectivity index (χ2n) is 7.33. The maximum atomic E-state index is 13.4. The van der Waals surface area contributed by atoms with Crippen molar-refractivity contribution >= 4 is 74.6 Å². The largest absolute Gasteiger partial charge is 0.433 e. The fourth-order valence-electron chi connectivity index (χ4n) is 2.91. The van der Waals surface area contributed by atoms with E-state index >= 15 is 0 Å². The number of furan rings is 1. The molecular formula is C23H20Cl2N6O6S2. The number of nitrogens with zero attached hydrogens (tertiary/aromatic N) is 3. The number of nitrogens with one attached hydrogen (secondary N) is 3. The monoisotopic (exact) mass is 610 g/mol. The number of carbonyl (C=O) groups is 1. The molecule has 0 spiro atoms. The Kier molecular flexibility index (Phi) is 10.1. The van der Waals surface area contributed by atoms with E-state index in [4.69, 9.17) is 27.6 Å². The van der Waals surface area contributed by atoms with Gasteiger partial charge in [0.1, 0.15) is 9.82 Å². The summed E-state index contributed by atoms with van der Waals surface area (Å²) in [6.07, 6.45) is 4.17. The molecule has 16 heteroatoms. The summed E-state index contributed by atoms with van der Waals surface area (Å²) < 4.78 is 34.0. The predicted molar refractivity (Wildman–Crippen MR) is 152 cm³/mol. The first-order valence-electron chi connectivity index (χ1n) is 10.7. The molecule has 0 saturated carbocycles. The van der Waals surface area contributed by atoms with Crippen LogP contribution in [0.4, 0.5) is 11.6 Å². The van der Waals surface area contributed by atoms with Gasteiger partial charge in [-0.05, 0) is 48.7 Å². The van der Waals surface area contributed by atoms with Gasteiger partial charge in [-0.25, -0.2) is 23.6 Å². The molecule has 0 fully saturated rings. The topological polar surface area (TPSA) is 168 Å². The fourth-order valence-corrected chi connectivity index (χ4v) is 5.49. The van der Waals surface area contributed by atoms with Crippen molar-refractivity contribution in [2.45, 2.75) is 9.79 Å². The second kappa shape index (κ2) is 13.3. The molecule has 0 aliphatic rings. The van der Waals surface area contributed by atoms with Crippen molar-refractivity contribution in [1.29, 1.82) is 0 Å². The molecule has 0 unspecified atom stereocenters. The molecule has 1 aromatic heterocycles. The fraction of sp³-hybridized carbons (Fsp3) is 0.0870. The van der Waals surface area contributed by atoms with Crippen LogP contribution in [0, 0.1) is 10.1 Å². The van der Waals surface area contributed by atoms with Crippen LogP contribution < -0.4 is 15.5 Å². The lowest BCUT2D eigenvalue weighted by Crippen LogP contribution is -2.39. The number of nitro groups is 1. The molecule has 12 nitrogen and oxygen atoms in total. The molecule has 39 heavy (non-hydrogen) atoms. The van der Waals surface area contributed by atoms with Crippen molar-refractivity contribution in [3.8, 4) is 0 Å². The zero-order valence-electron chi connectivity index (χ0n) is 20.1. The molecule has 1 heterocycles. The van der Waals surface area contributed by atoms with E-state index in [0.717, 1.165) is 30.1 Å². The minimum atomic E-state index is -4.33. The van der Waals surface area contributed by atoms with Crippen molar-refractivity contribution in [2.75, 3.05) is 18.1 Å². The SMILES string of the molecule is C=CCN=C(NN=Cc1ccc([N+](=O)[O-])o1)NS(=O)(=O)c1cc(C(=O)Nc2ccc(Cl)cc2)c(Cl)cc1SC. The van der Waals surface area contributed by atoms with Crippen molar-refractivity contribution in [3.05, 3.63) is 92.7 Å². The van der Waals surface area contributed by atoms with Gasteiger partial charge < -0.3 is 9.73 Å². The summed E-state index contributed by atoms with van der Waals surface area (Å²) in [4.78, 5) is 27.0. The van der Waals surface area contributed by atoms with Crippen molar-refractivity contribution in [3.63, 3.8) is 0 Å². The number of hydrogen-bond acceptors (Lipinski definition) is 9. The molecule has 0 saturated heterocycles. The molecule has 3 N–H and O–H groups in total. The number of carbonyl (C=O) groups excluding carboxylic acids is 1. The minimum absolute atomic E-state index is 0.0251. The van der Waals surface area contributed by atoms with E-state index in [1.165, 1.54) is 18.2 Å². The quantitative estimate of drug-likeness (QED) is 0.0726. The second-order valence-corrected chi connectivity index (χ2v) is 10.7. The Bertz CT molecular complexity index is 1560. The van der Waals surface area contributed by atoms with Crippen LogP contribution in [0.1, 0.15) is 16.1 Å². The minimum Gasteiger partial charge on any atom is -0.400 e. The maximum absolute atomic E-state index is 13.4. The highest BCUT2D eigenvalue weighted by atomic mass is 35.5. The van der Waals surface area contributed by atoms with Crippen LogP contribution in [0.3, 0.4) is 0 Å². The standard InChI is InChI=1S/C23H20Cl2N6O6S2/c1-3-10-26-23(29-27-13-16-8-9-21(37-16)31(33)34)30-39(35,36)20-11-17(18(25)12-19(20)38-2)22(32)28-15-6-4-14(24)5-7-15/h3-9,11-13H,1,10H2,2H3,(H,28,32)(H2,26,29,30). The summed E-state index contributed by atoms with van der Waals surface area (Å²) in [5.74, 6) is -1.37. The molecule has 1 amide bonds. The molecule has 0 radical (unpaired) electrons. The number of anilines is 1. The molecule has 3 aromatic rings. The Morgan fingerprint density at radius 1 is 1.21 bits per heavy atom. The van der Waals surface area contributed by atoms with Gasteiger partial charge in [0, 0.05) is 15.6 Å². The van der Waals surface area contributed by atoms with Crippen molar-refractivity contribution in [1.82, 2.24) is 10.1 Å². The van der Waals surface area contributed by atoms with Crippen LogP contribution >= 0.6 is 35.0 Å². The van der Waals surface area contributed by atoms with Crippen LogP contribution in [-0.2, 0) is 10.0 Å². The van der Waals surface area contributed by atoms with E-state index < -0.39 is 26.7 Å². The van der Waals surface area contributed by atoms with Gasteiger partial charge in [-0.2, -0.15) is 5.10 Å². The van der Waals surface area contributed by atoms with Gasteiger partial charge in [-0.3, -0.25) is 14.9 Å². The molecule has 0 bridgehead atoms. The van der Waals surface area contributed by atoms with E-state index in [0.29, 0.717) is 10.7 Å². The number of aliphatic imine (C=N–C) groups is 1.